The molecule has 0 spiro atoms. The fraction of sp³-hybridized carbons (Fsp3) is 0.350. The molecule has 0 aliphatic carbocycles. The first-order chi connectivity index (χ1) is 12.2. The van der Waals surface area contributed by atoms with Crippen molar-refractivity contribution in [3.8, 4) is 0 Å². The highest BCUT2D eigenvalue weighted by Gasteiger charge is 2.17. The van der Waals surface area contributed by atoms with Crippen molar-refractivity contribution in [1.29, 1.82) is 0 Å². The number of carbonyl (C=O) groups excluding carboxylic acids is 1. The molecule has 1 saturated heterocycles. The average molecular weight is 356 g/mol. The first-order valence-corrected chi connectivity index (χ1v) is 9.51. The Balaban J connectivity index is 1.51. The van der Waals surface area contributed by atoms with E-state index in [4.69, 9.17) is 4.74 Å². The number of nitrogens with one attached hydrogen (secondary N) is 2. The lowest BCUT2D eigenvalue weighted by Gasteiger charge is -2.23. The quantitative estimate of drug-likeness (QED) is 0.772. The Kier molecular flexibility index (Phi) is 6.50. The number of amides is 1. The van der Waals surface area contributed by atoms with Crippen molar-refractivity contribution in [3.05, 3.63) is 60.2 Å². The van der Waals surface area contributed by atoms with Gasteiger partial charge in [-0.25, -0.2) is 0 Å². The predicted molar refractivity (Wildman–Crippen MR) is 103 cm³/mol. The standard InChI is InChI=1S/C20H24N2O2S/c1-15(25-19-5-3-2-4-6-19)16-7-9-17(10-8-16)22-20(23)13-18-14-24-12-11-21-18/h2-10,15,18,21H,11-14H2,1H3,(H,22,23). The summed E-state index contributed by atoms with van der Waals surface area (Å²) in [6.45, 7) is 4.32. The second-order valence-corrected chi connectivity index (χ2v) is 7.59. The normalized spacial score (nSPS) is 18.5. The number of rotatable bonds is 6. The summed E-state index contributed by atoms with van der Waals surface area (Å²) in [5.41, 5.74) is 2.08. The Labute approximate surface area is 153 Å². The monoisotopic (exact) mass is 356 g/mol. The van der Waals surface area contributed by atoms with Crippen molar-refractivity contribution in [3.63, 3.8) is 0 Å². The van der Waals surface area contributed by atoms with E-state index < -0.39 is 0 Å². The highest BCUT2D eigenvalue weighted by molar-refractivity contribution is 7.99. The molecule has 25 heavy (non-hydrogen) atoms. The lowest BCUT2D eigenvalue weighted by molar-refractivity contribution is -0.117. The molecule has 1 fully saturated rings. The topological polar surface area (TPSA) is 50.4 Å². The van der Waals surface area contributed by atoms with E-state index in [2.05, 4.69) is 54.0 Å². The highest BCUT2D eigenvalue weighted by Crippen LogP contribution is 2.34. The molecular weight excluding hydrogens is 332 g/mol. The van der Waals surface area contributed by atoms with E-state index in [1.807, 2.05) is 30.0 Å². The fourth-order valence-corrected chi connectivity index (χ4v) is 3.81. The molecule has 0 radical (unpaired) electrons. The first kappa shape index (κ1) is 18.0. The van der Waals surface area contributed by atoms with E-state index in [1.54, 1.807) is 0 Å². The van der Waals surface area contributed by atoms with Crippen LogP contribution in [0.3, 0.4) is 0 Å². The Morgan fingerprint density at radius 1 is 1.24 bits per heavy atom. The minimum atomic E-state index is 0.0162. The fourth-order valence-electron chi connectivity index (χ4n) is 2.80. The summed E-state index contributed by atoms with van der Waals surface area (Å²) in [5.74, 6) is 0.0162. The minimum absolute atomic E-state index is 0.0162. The van der Waals surface area contributed by atoms with Crippen LogP contribution in [-0.4, -0.2) is 31.7 Å². The third-order valence-electron chi connectivity index (χ3n) is 4.15. The van der Waals surface area contributed by atoms with Crippen LogP contribution in [0, 0.1) is 0 Å². The molecule has 2 aromatic carbocycles. The van der Waals surface area contributed by atoms with Gasteiger partial charge in [0.05, 0.1) is 13.2 Å². The van der Waals surface area contributed by atoms with Crippen LogP contribution in [0.15, 0.2) is 59.5 Å². The van der Waals surface area contributed by atoms with Gasteiger partial charge in [0.2, 0.25) is 5.91 Å². The SMILES string of the molecule is CC(Sc1ccccc1)c1ccc(NC(=O)CC2COCCN2)cc1. The van der Waals surface area contributed by atoms with Crippen molar-refractivity contribution in [2.24, 2.45) is 0 Å². The zero-order valence-corrected chi connectivity index (χ0v) is 15.2. The van der Waals surface area contributed by atoms with Gasteiger partial charge in [-0.3, -0.25) is 4.79 Å². The third-order valence-corrected chi connectivity index (χ3v) is 5.32. The molecule has 2 atom stereocenters. The van der Waals surface area contributed by atoms with Crippen molar-refractivity contribution < 1.29 is 9.53 Å². The molecule has 2 aromatic rings. The van der Waals surface area contributed by atoms with E-state index in [1.165, 1.54) is 10.5 Å². The molecule has 1 amide bonds. The lowest BCUT2D eigenvalue weighted by Crippen LogP contribution is -2.43. The molecule has 3 rings (SSSR count). The van der Waals surface area contributed by atoms with Crippen LogP contribution in [-0.2, 0) is 9.53 Å². The van der Waals surface area contributed by atoms with Gasteiger partial charge in [-0.15, -0.1) is 11.8 Å². The van der Waals surface area contributed by atoms with Crippen LogP contribution in [0.2, 0.25) is 0 Å². The molecule has 1 aliphatic heterocycles. The maximum Gasteiger partial charge on any atom is 0.226 e. The molecule has 2 unspecified atom stereocenters. The van der Waals surface area contributed by atoms with E-state index in [0.717, 1.165) is 18.8 Å². The molecule has 0 saturated carbocycles. The molecular formula is C20H24N2O2S. The van der Waals surface area contributed by atoms with Crippen LogP contribution in [0.5, 0.6) is 0 Å². The van der Waals surface area contributed by atoms with Crippen LogP contribution >= 0.6 is 11.8 Å². The zero-order chi connectivity index (χ0) is 17.5. The molecule has 0 aromatic heterocycles. The molecule has 0 bridgehead atoms. The maximum atomic E-state index is 12.1. The largest absolute Gasteiger partial charge is 0.378 e. The smallest absolute Gasteiger partial charge is 0.226 e. The van der Waals surface area contributed by atoms with Crippen LogP contribution in [0.25, 0.3) is 0 Å². The summed E-state index contributed by atoms with van der Waals surface area (Å²) >= 11 is 1.83. The Hall–Kier alpha value is -1.82. The Bertz CT molecular complexity index is 670. The number of hydrogen-bond donors (Lipinski definition) is 2. The van der Waals surface area contributed by atoms with Crippen molar-refractivity contribution in [2.45, 2.75) is 29.5 Å². The van der Waals surface area contributed by atoms with E-state index in [0.29, 0.717) is 18.3 Å². The Morgan fingerprint density at radius 3 is 2.68 bits per heavy atom. The van der Waals surface area contributed by atoms with Crippen LogP contribution in [0.4, 0.5) is 5.69 Å². The summed E-state index contributed by atoms with van der Waals surface area (Å²) in [7, 11) is 0. The number of thioether (sulfide) groups is 1. The third kappa shape index (κ3) is 5.59. The van der Waals surface area contributed by atoms with Gasteiger partial charge in [-0.05, 0) is 36.8 Å². The van der Waals surface area contributed by atoms with Gasteiger partial charge in [-0.1, -0.05) is 30.3 Å². The van der Waals surface area contributed by atoms with E-state index in [9.17, 15) is 4.79 Å². The predicted octanol–water partition coefficient (Wildman–Crippen LogP) is 3.86. The van der Waals surface area contributed by atoms with Gasteiger partial charge < -0.3 is 15.4 Å². The number of morpholine rings is 1. The van der Waals surface area contributed by atoms with Crippen molar-refractivity contribution in [2.75, 3.05) is 25.1 Å². The first-order valence-electron chi connectivity index (χ1n) is 8.63. The zero-order valence-electron chi connectivity index (χ0n) is 14.4. The number of anilines is 1. The molecule has 4 nitrogen and oxygen atoms in total. The minimum Gasteiger partial charge on any atom is -0.378 e. The molecule has 1 heterocycles. The van der Waals surface area contributed by atoms with E-state index in [-0.39, 0.29) is 11.9 Å². The van der Waals surface area contributed by atoms with Gasteiger partial charge >= 0.3 is 0 Å². The molecule has 5 heteroatoms. The van der Waals surface area contributed by atoms with Crippen LogP contribution < -0.4 is 10.6 Å². The van der Waals surface area contributed by atoms with E-state index >= 15 is 0 Å². The van der Waals surface area contributed by atoms with Gasteiger partial charge in [-0.2, -0.15) is 0 Å². The summed E-state index contributed by atoms with van der Waals surface area (Å²) in [5, 5.41) is 6.62. The molecule has 1 aliphatic rings. The highest BCUT2D eigenvalue weighted by atomic mass is 32.2. The van der Waals surface area contributed by atoms with Crippen molar-refractivity contribution >= 4 is 23.4 Å². The van der Waals surface area contributed by atoms with Gasteiger partial charge in [0.25, 0.3) is 0 Å². The second-order valence-electron chi connectivity index (χ2n) is 6.17. The number of carbonyl (C=O) groups is 1. The summed E-state index contributed by atoms with van der Waals surface area (Å²) in [4.78, 5) is 13.4. The summed E-state index contributed by atoms with van der Waals surface area (Å²) < 4.78 is 5.38. The summed E-state index contributed by atoms with van der Waals surface area (Å²) in [6.07, 6.45) is 0.433. The average Bonchev–Trinajstić information content (AvgIpc) is 2.64. The lowest BCUT2D eigenvalue weighted by atomic mass is 10.1. The van der Waals surface area contributed by atoms with Crippen LogP contribution in [0.1, 0.15) is 24.2 Å². The van der Waals surface area contributed by atoms with Gasteiger partial charge in [0.15, 0.2) is 0 Å². The second kappa shape index (κ2) is 9.04. The van der Waals surface area contributed by atoms with Gasteiger partial charge in [0.1, 0.15) is 0 Å². The Morgan fingerprint density at radius 2 is 2.00 bits per heavy atom. The summed E-state index contributed by atoms with van der Waals surface area (Å²) in [6, 6.07) is 18.6. The number of ether oxygens (including phenoxy) is 1. The molecule has 2 N–H and O–H groups in total. The van der Waals surface area contributed by atoms with Gasteiger partial charge in [0, 0.05) is 34.8 Å². The number of hydrogen-bond acceptors (Lipinski definition) is 4. The van der Waals surface area contributed by atoms with Crippen molar-refractivity contribution in [1.82, 2.24) is 5.32 Å². The number of benzene rings is 2. The molecule has 132 valence electrons. The maximum absolute atomic E-state index is 12.1.